The standard InChI is InChI=1S/C15H13ClFNO2/c1-9-3-6-14(20-2)13(7-9)18-15(19)11-5-4-10(16)8-12(11)17/h3-8H,1-2H3,(H,18,19). The highest BCUT2D eigenvalue weighted by molar-refractivity contribution is 6.30. The van der Waals surface area contributed by atoms with E-state index in [1.807, 2.05) is 13.0 Å². The molecule has 2 rings (SSSR count). The smallest absolute Gasteiger partial charge is 0.258 e. The number of amides is 1. The summed E-state index contributed by atoms with van der Waals surface area (Å²) < 4.78 is 18.8. The van der Waals surface area contributed by atoms with Crippen molar-refractivity contribution in [2.45, 2.75) is 6.92 Å². The lowest BCUT2D eigenvalue weighted by molar-refractivity contribution is 0.102. The lowest BCUT2D eigenvalue weighted by atomic mass is 10.1. The minimum atomic E-state index is -0.665. The maximum Gasteiger partial charge on any atom is 0.258 e. The number of hydrogen-bond donors (Lipinski definition) is 1. The van der Waals surface area contributed by atoms with Gasteiger partial charge in [0.15, 0.2) is 0 Å². The monoisotopic (exact) mass is 293 g/mol. The molecule has 2 aromatic rings. The number of carbonyl (C=O) groups is 1. The van der Waals surface area contributed by atoms with Gasteiger partial charge in [0.1, 0.15) is 11.6 Å². The van der Waals surface area contributed by atoms with Crippen molar-refractivity contribution in [3.8, 4) is 5.75 Å². The molecule has 5 heteroatoms. The molecule has 0 heterocycles. The van der Waals surface area contributed by atoms with Gasteiger partial charge >= 0.3 is 0 Å². The first-order valence-electron chi connectivity index (χ1n) is 5.92. The number of ether oxygens (including phenoxy) is 1. The Kier molecular flexibility index (Phi) is 4.25. The van der Waals surface area contributed by atoms with E-state index in [2.05, 4.69) is 5.32 Å². The summed E-state index contributed by atoms with van der Waals surface area (Å²) in [5, 5.41) is 2.87. The average molecular weight is 294 g/mol. The molecule has 0 radical (unpaired) electrons. The molecule has 3 nitrogen and oxygen atoms in total. The topological polar surface area (TPSA) is 38.3 Å². The van der Waals surface area contributed by atoms with Crippen LogP contribution in [0.1, 0.15) is 15.9 Å². The molecule has 2 aromatic carbocycles. The van der Waals surface area contributed by atoms with Gasteiger partial charge in [-0.2, -0.15) is 0 Å². The second kappa shape index (κ2) is 5.92. The maximum atomic E-state index is 13.7. The quantitative estimate of drug-likeness (QED) is 0.927. The number of nitrogens with one attached hydrogen (secondary N) is 1. The van der Waals surface area contributed by atoms with Crippen LogP contribution in [0.25, 0.3) is 0 Å². The lowest BCUT2D eigenvalue weighted by Gasteiger charge is -2.11. The van der Waals surface area contributed by atoms with Crippen LogP contribution in [-0.2, 0) is 0 Å². The van der Waals surface area contributed by atoms with Gasteiger partial charge in [-0.3, -0.25) is 4.79 Å². The van der Waals surface area contributed by atoms with Crippen LogP contribution in [0.4, 0.5) is 10.1 Å². The summed E-state index contributed by atoms with van der Waals surface area (Å²) in [5.74, 6) is -0.706. The van der Waals surface area contributed by atoms with Gasteiger partial charge < -0.3 is 10.1 Å². The highest BCUT2D eigenvalue weighted by Gasteiger charge is 2.14. The van der Waals surface area contributed by atoms with Crippen LogP contribution in [0.2, 0.25) is 5.02 Å². The number of methoxy groups -OCH3 is 1. The number of carbonyl (C=O) groups excluding carboxylic acids is 1. The van der Waals surface area contributed by atoms with Gasteiger partial charge in [-0.25, -0.2) is 4.39 Å². The van der Waals surface area contributed by atoms with E-state index < -0.39 is 11.7 Å². The molecule has 1 amide bonds. The highest BCUT2D eigenvalue weighted by Crippen LogP contribution is 2.26. The minimum Gasteiger partial charge on any atom is -0.495 e. The van der Waals surface area contributed by atoms with E-state index in [4.69, 9.17) is 16.3 Å². The molecule has 0 aliphatic heterocycles. The zero-order valence-electron chi connectivity index (χ0n) is 11.0. The van der Waals surface area contributed by atoms with E-state index >= 15 is 0 Å². The third-order valence-electron chi connectivity index (χ3n) is 2.78. The predicted molar refractivity (Wildman–Crippen MR) is 77.1 cm³/mol. The number of hydrogen-bond acceptors (Lipinski definition) is 2. The second-order valence-electron chi connectivity index (χ2n) is 4.28. The van der Waals surface area contributed by atoms with Crippen LogP contribution < -0.4 is 10.1 Å². The molecule has 1 N–H and O–H groups in total. The van der Waals surface area contributed by atoms with Gasteiger partial charge in [-0.15, -0.1) is 0 Å². The van der Waals surface area contributed by atoms with Crippen molar-refractivity contribution in [1.82, 2.24) is 0 Å². The molecule has 0 atom stereocenters. The van der Waals surface area contributed by atoms with Crippen molar-refractivity contribution in [2.75, 3.05) is 12.4 Å². The van der Waals surface area contributed by atoms with E-state index in [0.29, 0.717) is 11.4 Å². The molecule has 20 heavy (non-hydrogen) atoms. The number of rotatable bonds is 3. The van der Waals surface area contributed by atoms with Crippen LogP contribution in [-0.4, -0.2) is 13.0 Å². The zero-order valence-corrected chi connectivity index (χ0v) is 11.8. The number of halogens is 2. The van der Waals surface area contributed by atoms with Gasteiger partial charge in [0.25, 0.3) is 5.91 Å². The predicted octanol–water partition coefficient (Wildman–Crippen LogP) is 4.05. The molecule has 0 saturated carbocycles. The molecule has 104 valence electrons. The Balaban J connectivity index is 2.30. The summed E-state index contributed by atoms with van der Waals surface area (Å²) in [5.41, 5.74) is 1.38. The molecule has 0 aliphatic rings. The lowest BCUT2D eigenvalue weighted by Crippen LogP contribution is -2.14. The highest BCUT2D eigenvalue weighted by atomic mass is 35.5. The van der Waals surface area contributed by atoms with Gasteiger partial charge in [0, 0.05) is 5.02 Å². The summed E-state index contributed by atoms with van der Waals surface area (Å²) in [4.78, 5) is 12.1. The molecule has 0 spiro atoms. The second-order valence-corrected chi connectivity index (χ2v) is 4.72. The Morgan fingerprint density at radius 1 is 1.25 bits per heavy atom. The Labute approximate surface area is 121 Å². The molecular weight excluding hydrogens is 281 g/mol. The fourth-order valence-corrected chi connectivity index (χ4v) is 1.94. The number of anilines is 1. The third-order valence-corrected chi connectivity index (χ3v) is 3.01. The van der Waals surface area contributed by atoms with Crippen LogP contribution in [0, 0.1) is 12.7 Å². The van der Waals surface area contributed by atoms with Crippen molar-refractivity contribution in [2.24, 2.45) is 0 Å². The first kappa shape index (κ1) is 14.3. The summed E-state index contributed by atoms with van der Waals surface area (Å²) in [7, 11) is 1.50. The maximum absolute atomic E-state index is 13.7. The van der Waals surface area contributed by atoms with Gasteiger partial charge in [0.05, 0.1) is 18.4 Å². The summed E-state index contributed by atoms with van der Waals surface area (Å²) in [6.45, 7) is 1.89. The fourth-order valence-electron chi connectivity index (χ4n) is 1.78. The summed E-state index contributed by atoms with van der Waals surface area (Å²) in [6.07, 6.45) is 0. The molecule has 0 saturated heterocycles. The van der Waals surface area contributed by atoms with Crippen molar-refractivity contribution >= 4 is 23.2 Å². The fraction of sp³-hybridized carbons (Fsp3) is 0.133. The van der Waals surface area contributed by atoms with Gasteiger partial charge in [0.2, 0.25) is 0 Å². The zero-order chi connectivity index (χ0) is 14.7. The Hall–Kier alpha value is -2.07. The van der Waals surface area contributed by atoms with Crippen LogP contribution >= 0.6 is 11.6 Å². The largest absolute Gasteiger partial charge is 0.495 e. The van der Waals surface area contributed by atoms with E-state index in [-0.39, 0.29) is 10.6 Å². The first-order chi connectivity index (χ1) is 9.51. The summed E-state index contributed by atoms with van der Waals surface area (Å²) in [6, 6.07) is 9.26. The molecule has 0 aromatic heterocycles. The third kappa shape index (κ3) is 3.08. The van der Waals surface area contributed by atoms with Crippen molar-refractivity contribution in [3.05, 3.63) is 58.4 Å². The molecule has 0 fully saturated rings. The number of aryl methyl sites for hydroxylation is 1. The van der Waals surface area contributed by atoms with E-state index in [9.17, 15) is 9.18 Å². The van der Waals surface area contributed by atoms with Gasteiger partial charge in [-0.1, -0.05) is 17.7 Å². The Bertz CT molecular complexity index is 658. The van der Waals surface area contributed by atoms with E-state index in [0.717, 1.165) is 11.6 Å². The number of benzene rings is 2. The van der Waals surface area contributed by atoms with Crippen molar-refractivity contribution < 1.29 is 13.9 Å². The van der Waals surface area contributed by atoms with Crippen molar-refractivity contribution in [3.63, 3.8) is 0 Å². The van der Waals surface area contributed by atoms with Crippen molar-refractivity contribution in [1.29, 1.82) is 0 Å². The van der Waals surface area contributed by atoms with Crippen LogP contribution in [0.3, 0.4) is 0 Å². The van der Waals surface area contributed by atoms with Crippen LogP contribution in [0.15, 0.2) is 36.4 Å². The Morgan fingerprint density at radius 2 is 2.00 bits per heavy atom. The molecule has 0 aliphatic carbocycles. The Morgan fingerprint density at radius 3 is 2.65 bits per heavy atom. The molecule has 0 unspecified atom stereocenters. The van der Waals surface area contributed by atoms with Crippen LogP contribution in [0.5, 0.6) is 5.75 Å². The summed E-state index contributed by atoms with van der Waals surface area (Å²) >= 11 is 5.66. The minimum absolute atomic E-state index is 0.0713. The van der Waals surface area contributed by atoms with Gasteiger partial charge in [-0.05, 0) is 42.8 Å². The van der Waals surface area contributed by atoms with E-state index in [1.54, 1.807) is 12.1 Å². The normalized spacial score (nSPS) is 10.2. The van der Waals surface area contributed by atoms with E-state index in [1.165, 1.54) is 19.2 Å². The first-order valence-corrected chi connectivity index (χ1v) is 6.30. The SMILES string of the molecule is COc1ccc(C)cc1NC(=O)c1ccc(Cl)cc1F. The average Bonchev–Trinajstić information content (AvgIpc) is 2.38. The molecule has 0 bridgehead atoms. The molecular formula is C15H13ClFNO2.